The summed E-state index contributed by atoms with van der Waals surface area (Å²) >= 11 is 0. The molecule has 1 aromatic heterocycles. The predicted octanol–water partition coefficient (Wildman–Crippen LogP) is 4.27. The molecular weight excluding hydrogens is 304 g/mol. The average molecular weight is 317 g/mol. The Hall–Kier alpha value is -2.96. The molecule has 3 aromatic rings. The minimum Gasteiger partial charge on any atom is -0.435 e. The van der Waals surface area contributed by atoms with Crippen molar-refractivity contribution in [3.8, 4) is 5.75 Å². The van der Waals surface area contributed by atoms with E-state index in [0.717, 1.165) is 11.1 Å². The number of benzene rings is 2. The van der Waals surface area contributed by atoms with Gasteiger partial charge in [-0.25, -0.2) is 5.43 Å². The summed E-state index contributed by atoms with van der Waals surface area (Å²) in [6, 6.07) is 13.9. The number of alkyl halides is 2. The number of hydrazone groups is 1. The fourth-order valence-electron chi connectivity index (χ4n) is 1.99. The molecule has 0 aliphatic heterocycles. The lowest BCUT2D eigenvalue weighted by molar-refractivity contribution is -0.0498. The monoisotopic (exact) mass is 317 g/mol. The standard InChI is InChI=1S/C16H13F2N3O2/c1-10(11-6-8-12(9-7-11)22-15(17)18)20-21-16-19-13-4-2-3-5-14(13)23-16/h2-9,15H,1H3,(H,19,21). The van der Waals surface area contributed by atoms with Gasteiger partial charge in [-0.15, -0.1) is 0 Å². The number of nitrogens with one attached hydrogen (secondary N) is 1. The predicted molar refractivity (Wildman–Crippen MR) is 82.9 cm³/mol. The lowest BCUT2D eigenvalue weighted by atomic mass is 10.1. The van der Waals surface area contributed by atoms with Gasteiger partial charge in [0, 0.05) is 0 Å². The minimum atomic E-state index is -2.84. The molecule has 118 valence electrons. The maximum Gasteiger partial charge on any atom is 0.387 e. The van der Waals surface area contributed by atoms with Crippen molar-refractivity contribution in [2.75, 3.05) is 5.43 Å². The molecule has 0 aliphatic rings. The van der Waals surface area contributed by atoms with Crippen LogP contribution in [0.1, 0.15) is 12.5 Å². The SMILES string of the molecule is CC(=NNc1nc2ccccc2o1)c1ccc(OC(F)F)cc1. The first kappa shape index (κ1) is 15.0. The highest BCUT2D eigenvalue weighted by atomic mass is 19.3. The molecule has 0 fully saturated rings. The van der Waals surface area contributed by atoms with E-state index in [1.54, 1.807) is 19.1 Å². The number of rotatable bonds is 5. The number of nitrogens with zero attached hydrogens (tertiary/aromatic N) is 2. The molecule has 23 heavy (non-hydrogen) atoms. The van der Waals surface area contributed by atoms with Crippen LogP contribution >= 0.6 is 0 Å². The summed E-state index contributed by atoms with van der Waals surface area (Å²) in [5.41, 5.74) is 5.54. The van der Waals surface area contributed by atoms with Crippen LogP contribution in [-0.4, -0.2) is 17.3 Å². The minimum absolute atomic E-state index is 0.100. The van der Waals surface area contributed by atoms with Crippen LogP contribution in [0, 0.1) is 0 Å². The number of halogens is 2. The molecule has 5 nitrogen and oxygen atoms in total. The van der Waals surface area contributed by atoms with Crippen LogP contribution in [0.25, 0.3) is 11.1 Å². The Morgan fingerprint density at radius 1 is 1.17 bits per heavy atom. The highest BCUT2D eigenvalue weighted by Crippen LogP contribution is 2.19. The van der Waals surface area contributed by atoms with Gasteiger partial charge in [0.1, 0.15) is 11.3 Å². The zero-order chi connectivity index (χ0) is 16.2. The van der Waals surface area contributed by atoms with E-state index in [1.165, 1.54) is 12.1 Å². The quantitative estimate of drug-likeness (QED) is 0.564. The van der Waals surface area contributed by atoms with E-state index < -0.39 is 6.61 Å². The third-order valence-electron chi connectivity index (χ3n) is 3.11. The zero-order valence-corrected chi connectivity index (χ0v) is 12.2. The van der Waals surface area contributed by atoms with E-state index in [2.05, 4.69) is 20.2 Å². The number of oxazole rings is 1. The molecule has 1 heterocycles. The van der Waals surface area contributed by atoms with Crippen molar-refractivity contribution in [2.24, 2.45) is 5.10 Å². The van der Waals surface area contributed by atoms with Crippen LogP contribution in [0.5, 0.6) is 5.75 Å². The van der Waals surface area contributed by atoms with Crippen LogP contribution in [0.3, 0.4) is 0 Å². The molecule has 0 atom stereocenters. The summed E-state index contributed by atoms with van der Waals surface area (Å²) in [6.07, 6.45) is 0. The summed E-state index contributed by atoms with van der Waals surface area (Å²) in [5.74, 6) is 0.100. The molecule has 0 saturated carbocycles. The van der Waals surface area contributed by atoms with Crippen molar-refractivity contribution in [1.82, 2.24) is 4.98 Å². The Kier molecular flexibility index (Phi) is 4.18. The fourth-order valence-corrected chi connectivity index (χ4v) is 1.99. The summed E-state index contributed by atoms with van der Waals surface area (Å²) < 4.78 is 34.0. The summed E-state index contributed by atoms with van der Waals surface area (Å²) in [4.78, 5) is 4.24. The molecule has 0 radical (unpaired) electrons. The van der Waals surface area contributed by atoms with E-state index in [4.69, 9.17) is 4.42 Å². The van der Waals surface area contributed by atoms with Gasteiger partial charge in [0.2, 0.25) is 0 Å². The summed E-state index contributed by atoms with van der Waals surface area (Å²) in [5, 5.41) is 4.17. The van der Waals surface area contributed by atoms with Crippen LogP contribution in [-0.2, 0) is 0 Å². The number of aromatic nitrogens is 1. The molecule has 1 N–H and O–H groups in total. The average Bonchev–Trinajstić information content (AvgIpc) is 2.95. The Morgan fingerprint density at radius 3 is 2.61 bits per heavy atom. The second kappa shape index (κ2) is 6.43. The van der Waals surface area contributed by atoms with Gasteiger partial charge in [0.05, 0.1) is 5.71 Å². The normalized spacial score (nSPS) is 11.9. The van der Waals surface area contributed by atoms with Crippen molar-refractivity contribution < 1.29 is 17.9 Å². The Labute approximate surface area is 130 Å². The highest BCUT2D eigenvalue weighted by molar-refractivity contribution is 5.99. The van der Waals surface area contributed by atoms with E-state index in [1.807, 2.05) is 24.3 Å². The van der Waals surface area contributed by atoms with E-state index >= 15 is 0 Å². The Balaban J connectivity index is 1.71. The highest BCUT2D eigenvalue weighted by Gasteiger charge is 2.06. The van der Waals surface area contributed by atoms with Gasteiger partial charge in [-0.2, -0.15) is 18.9 Å². The lowest BCUT2D eigenvalue weighted by Gasteiger charge is -2.05. The largest absolute Gasteiger partial charge is 0.435 e. The molecule has 2 aromatic carbocycles. The van der Waals surface area contributed by atoms with Crippen LogP contribution in [0.15, 0.2) is 58.0 Å². The maximum absolute atomic E-state index is 12.1. The van der Waals surface area contributed by atoms with Crippen molar-refractivity contribution in [2.45, 2.75) is 13.5 Å². The summed E-state index contributed by atoms with van der Waals surface area (Å²) in [6.45, 7) is -1.06. The topological polar surface area (TPSA) is 59.7 Å². The second-order valence-electron chi connectivity index (χ2n) is 4.70. The number of hydrogen-bond acceptors (Lipinski definition) is 5. The Morgan fingerprint density at radius 2 is 1.91 bits per heavy atom. The third-order valence-corrected chi connectivity index (χ3v) is 3.11. The van der Waals surface area contributed by atoms with Crippen molar-refractivity contribution in [3.63, 3.8) is 0 Å². The van der Waals surface area contributed by atoms with Crippen LogP contribution in [0.4, 0.5) is 14.8 Å². The maximum atomic E-state index is 12.1. The lowest BCUT2D eigenvalue weighted by Crippen LogP contribution is -2.03. The van der Waals surface area contributed by atoms with E-state index in [0.29, 0.717) is 11.3 Å². The first-order valence-electron chi connectivity index (χ1n) is 6.83. The van der Waals surface area contributed by atoms with Gasteiger partial charge in [-0.05, 0) is 48.9 Å². The van der Waals surface area contributed by atoms with Gasteiger partial charge >= 0.3 is 12.6 Å². The Bertz CT molecular complexity index is 796. The zero-order valence-electron chi connectivity index (χ0n) is 12.2. The molecular formula is C16H13F2N3O2. The number of anilines is 1. The molecule has 0 bridgehead atoms. The molecule has 3 rings (SSSR count). The smallest absolute Gasteiger partial charge is 0.387 e. The number of ether oxygens (including phenoxy) is 1. The van der Waals surface area contributed by atoms with Crippen molar-refractivity contribution in [1.29, 1.82) is 0 Å². The molecule has 0 unspecified atom stereocenters. The van der Waals surface area contributed by atoms with Crippen molar-refractivity contribution >= 4 is 22.8 Å². The van der Waals surface area contributed by atoms with E-state index in [9.17, 15) is 8.78 Å². The van der Waals surface area contributed by atoms with Gasteiger partial charge in [0.25, 0.3) is 0 Å². The van der Waals surface area contributed by atoms with Crippen LogP contribution in [0.2, 0.25) is 0 Å². The number of para-hydroxylation sites is 2. The molecule has 0 aliphatic carbocycles. The van der Waals surface area contributed by atoms with Crippen molar-refractivity contribution in [3.05, 3.63) is 54.1 Å². The van der Waals surface area contributed by atoms with Crippen LogP contribution < -0.4 is 10.2 Å². The van der Waals surface area contributed by atoms with Gasteiger partial charge < -0.3 is 9.15 Å². The molecule has 7 heteroatoms. The first-order chi connectivity index (χ1) is 11.1. The van der Waals surface area contributed by atoms with Gasteiger partial charge in [-0.3, -0.25) is 0 Å². The molecule has 0 spiro atoms. The molecule has 0 amide bonds. The number of hydrogen-bond donors (Lipinski definition) is 1. The number of fused-ring (bicyclic) bond motifs is 1. The van der Waals surface area contributed by atoms with E-state index in [-0.39, 0.29) is 11.8 Å². The third kappa shape index (κ3) is 3.63. The molecule has 0 saturated heterocycles. The van der Waals surface area contributed by atoms with Gasteiger partial charge in [-0.1, -0.05) is 12.1 Å². The fraction of sp³-hybridized carbons (Fsp3) is 0.125. The van der Waals surface area contributed by atoms with Gasteiger partial charge in [0.15, 0.2) is 5.58 Å². The summed E-state index contributed by atoms with van der Waals surface area (Å²) in [7, 11) is 0. The first-order valence-corrected chi connectivity index (χ1v) is 6.83. The second-order valence-corrected chi connectivity index (χ2v) is 4.70.